The van der Waals surface area contributed by atoms with Crippen molar-refractivity contribution in [2.45, 2.75) is 90.2 Å². The Morgan fingerprint density at radius 3 is 2.57 bits per heavy atom. The molecular formula is C17H30AcBN4O6S. The van der Waals surface area contributed by atoms with Gasteiger partial charge in [-0.1, -0.05) is 37.8 Å². The van der Waals surface area contributed by atoms with Crippen LogP contribution in [-0.4, -0.2) is 68.6 Å². The second-order valence-electron chi connectivity index (χ2n) is 7.50. The summed E-state index contributed by atoms with van der Waals surface area (Å²) in [5.41, 5.74) is 9.07. The number of nitrogens with one attached hydrogen (secondary N) is 1. The van der Waals surface area contributed by atoms with Gasteiger partial charge in [-0.3, -0.25) is 5.41 Å². The first-order valence-corrected chi connectivity index (χ1v) is 10.5. The van der Waals surface area contributed by atoms with Crippen LogP contribution in [0.25, 0.3) is 10.4 Å². The summed E-state index contributed by atoms with van der Waals surface area (Å²) < 4.78 is 36.2. The molecule has 0 aromatic heterocycles. The first kappa shape index (κ1) is 26.7. The molecule has 10 nitrogen and oxygen atoms in total. The number of aliphatic hydroxyl groups excluding tert-OH is 1. The van der Waals surface area contributed by atoms with E-state index in [2.05, 4.69) is 10.0 Å². The molecule has 0 bridgehead atoms. The maximum atomic E-state index is 10.6. The Morgan fingerprint density at radius 2 is 2.00 bits per heavy atom. The van der Waals surface area contributed by atoms with Gasteiger partial charge in [0.25, 0.3) is 0 Å². The Bertz CT molecular complexity index is 639. The molecule has 2 rings (SSSR count). The Labute approximate surface area is 220 Å². The van der Waals surface area contributed by atoms with Gasteiger partial charge in [-0.2, -0.15) is 0 Å². The van der Waals surface area contributed by atoms with E-state index in [0.29, 0.717) is 6.42 Å². The molecule has 4 unspecified atom stereocenters. The van der Waals surface area contributed by atoms with Crippen molar-refractivity contribution in [1.82, 2.24) is 0 Å². The number of azide groups is 1. The average Bonchev–Trinajstić information content (AvgIpc) is 2.70. The summed E-state index contributed by atoms with van der Waals surface area (Å²) >= 11 is 0.902. The van der Waals surface area contributed by atoms with Crippen LogP contribution in [0.2, 0.25) is 0 Å². The van der Waals surface area contributed by atoms with Crippen molar-refractivity contribution in [2.75, 3.05) is 0 Å². The van der Waals surface area contributed by atoms with Gasteiger partial charge >= 0.3 is 0 Å². The third-order valence-electron chi connectivity index (χ3n) is 5.50. The van der Waals surface area contributed by atoms with E-state index in [1.165, 1.54) is 6.92 Å². The van der Waals surface area contributed by atoms with Crippen LogP contribution in [0.3, 0.4) is 0 Å². The Kier molecular flexibility index (Phi) is 11.8. The van der Waals surface area contributed by atoms with E-state index in [4.69, 9.17) is 35.4 Å². The van der Waals surface area contributed by atoms with Crippen molar-refractivity contribution in [3.05, 3.63) is 10.4 Å². The number of nitrogens with zero attached hydrogens (tertiary/aromatic N) is 3. The van der Waals surface area contributed by atoms with Crippen molar-refractivity contribution >= 4 is 24.9 Å². The summed E-state index contributed by atoms with van der Waals surface area (Å²) in [6.45, 7) is 8.92. The molecule has 0 saturated carbocycles. The molecule has 30 heavy (non-hydrogen) atoms. The fraction of sp³-hybridized carbons (Fsp3) is 0.941. The maximum Gasteiger partial charge on any atom is 0.228 e. The van der Waals surface area contributed by atoms with Gasteiger partial charge in [-0.25, -0.2) is 0 Å². The number of ether oxygens (including phenoxy) is 4. The van der Waals surface area contributed by atoms with Crippen molar-refractivity contribution in [3.8, 4) is 0 Å². The number of hydrogen-bond acceptors (Lipinski definition) is 9. The van der Waals surface area contributed by atoms with E-state index >= 15 is 0 Å². The predicted octanol–water partition coefficient (Wildman–Crippen LogP) is 2.43. The van der Waals surface area contributed by atoms with E-state index in [1.807, 2.05) is 20.8 Å². The summed E-state index contributed by atoms with van der Waals surface area (Å²) in [5.74, 6) is -0.662. The second-order valence-corrected chi connectivity index (χ2v) is 7.88. The SMILES string of the molecule is [3H][B]SO[C@H]1C(CC)O[C@@H](O[C@H]2C(C)O[C@@H](OC(C)=N)C(O)[C@@H]2C)C(N=[N+]=[N-])[C@H]1C.[Ac]. The number of rotatable bonds is 8. The minimum atomic E-state index is -1.01. The smallest absolute Gasteiger partial charge is 0.228 e. The van der Waals surface area contributed by atoms with Crippen LogP contribution in [-0.2, 0) is 23.1 Å². The van der Waals surface area contributed by atoms with Gasteiger partial charge in [-0.05, 0) is 26.1 Å². The average molecular weight is 658 g/mol. The predicted molar refractivity (Wildman–Crippen MR) is 110 cm³/mol. The number of aliphatic hydroxyl groups is 1. The fourth-order valence-electron chi connectivity index (χ4n) is 3.89. The molecule has 10 atom stereocenters. The Morgan fingerprint density at radius 1 is 1.30 bits per heavy atom. The number of hydrogen-bond donors (Lipinski definition) is 2. The molecular weight excluding hydrogens is 626 g/mol. The van der Waals surface area contributed by atoms with E-state index in [9.17, 15) is 5.11 Å². The topological polar surface area (TPSA) is 139 Å². The second kappa shape index (κ2) is 13.2. The molecule has 2 saturated heterocycles. The van der Waals surface area contributed by atoms with Crippen molar-refractivity contribution in [1.29, 1.82) is 6.74 Å². The van der Waals surface area contributed by atoms with E-state index in [1.54, 1.807) is 6.92 Å². The van der Waals surface area contributed by atoms with Gasteiger partial charge < -0.3 is 28.2 Å². The van der Waals surface area contributed by atoms with Gasteiger partial charge in [0.2, 0.25) is 13.4 Å². The summed E-state index contributed by atoms with van der Waals surface area (Å²) in [5, 5.41) is 21.9. The van der Waals surface area contributed by atoms with Crippen LogP contribution in [0.15, 0.2) is 5.11 Å². The van der Waals surface area contributed by atoms with E-state index < -0.39 is 36.9 Å². The molecule has 2 aliphatic heterocycles. The van der Waals surface area contributed by atoms with Gasteiger partial charge in [0.15, 0.2) is 12.2 Å². The standard InChI is InChI=1S/C17H30BN4O6S.Ac/c1-6-11-15(28-29-18)7(2)12(21-22-20)16(26-11)27-14-8(3)13(23)17(24-9(14)4)25-10(5)19;/h7-9,11-19,23H,6H2,1-5H3;/t7-,8+,9?,11?,12?,13?,14-,15-,16+,17+;/m1./s1/i18T;. The van der Waals surface area contributed by atoms with Gasteiger partial charge in [-0.15, -0.1) is 0 Å². The van der Waals surface area contributed by atoms with Crippen molar-refractivity contribution < 1.29 is 72.3 Å². The third-order valence-corrected chi connectivity index (χ3v) is 5.83. The molecule has 0 aromatic carbocycles. The maximum absolute atomic E-state index is 10.6. The van der Waals surface area contributed by atoms with E-state index in [-0.39, 0.29) is 74.0 Å². The monoisotopic (exact) mass is 658 g/mol. The van der Waals surface area contributed by atoms with Crippen LogP contribution in [0, 0.1) is 61.3 Å². The van der Waals surface area contributed by atoms with Crippen LogP contribution in [0.5, 0.6) is 0 Å². The van der Waals surface area contributed by atoms with Gasteiger partial charge in [0, 0.05) is 61.8 Å². The minimum Gasteiger partial charge on any atom is -0.450 e. The zero-order chi connectivity index (χ0) is 22.4. The Balaban J connectivity index is 0.00000480. The van der Waals surface area contributed by atoms with Crippen LogP contribution >= 0.6 is 11.9 Å². The first-order chi connectivity index (χ1) is 14.2. The summed E-state index contributed by atoms with van der Waals surface area (Å²) in [4.78, 5) is 2.95. The van der Waals surface area contributed by atoms with Crippen LogP contribution in [0.4, 0.5) is 0 Å². The molecule has 0 amide bonds. The molecule has 2 fully saturated rings. The normalized spacial score (nSPS) is 41.6. The van der Waals surface area contributed by atoms with Crippen LogP contribution < -0.4 is 0 Å². The third kappa shape index (κ3) is 6.72. The van der Waals surface area contributed by atoms with E-state index in [0.717, 1.165) is 19.0 Å². The molecule has 13 heteroatoms. The summed E-state index contributed by atoms with van der Waals surface area (Å²) in [7, 11) is 1.09. The molecule has 0 aromatic rings. The molecule has 2 heterocycles. The molecule has 2 N–H and O–H groups in total. The van der Waals surface area contributed by atoms with Gasteiger partial charge in [0.1, 0.15) is 12.2 Å². The summed E-state index contributed by atoms with van der Waals surface area (Å²) in [6.07, 6.45) is -3.88. The van der Waals surface area contributed by atoms with Gasteiger partial charge in [0.05, 0.1) is 24.4 Å². The first-order valence-electron chi connectivity index (χ1n) is 10.2. The molecule has 0 aliphatic carbocycles. The zero-order valence-electron chi connectivity index (χ0n) is 18.9. The molecule has 2 aliphatic rings. The zero-order valence-corrected chi connectivity index (χ0v) is 23.4. The minimum absolute atomic E-state index is 0. The molecule has 2 radical (unpaired) electrons. The van der Waals surface area contributed by atoms with Crippen molar-refractivity contribution in [3.63, 3.8) is 0 Å². The summed E-state index contributed by atoms with van der Waals surface area (Å²) in [6, 6.07) is -0.663. The molecule has 0 spiro atoms. The van der Waals surface area contributed by atoms with Crippen molar-refractivity contribution in [2.24, 2.45) is 17.0 Å². The largest absolute Gasteiger partial charge is 0.450 e. The molecule has 166 valence electrons. The quantitative estimate of drug-likeness (QED) is 0.0778. The fourth-order valence-corrected chi connectivity index (χ4v) is 4.31. The Hall–Kier alpha value is 0.436. The van der Waals surface area contributed by atoms with Crippen LogP contribution in [0.1, 0.15) is 41.0 Å².